The summed E-state index contributed by atoms with van der Waals surface area (Å²) in [5.41, 5.74) is 2.96. The van der Waals surface area contributed by atoms with E-state index < -0.39 is 10.0 Å². The monoisotopic (exact) mass is 424 g/mol. The molecule has 3 aromatic carbocycles. The fraction of sp³-hybridized carbons (Fsp3) is 0.174. The molecule has 6 nitrogen and oxygen atoms in total. The van der Waals surface area contributed by atoms with Crippen molar-refractivity contribution in [2.24, 2.45) is 0 Å². The first kappa shape index (κ1) is 21.4. The van der Waals surface area contributed by atoms with Gasteiger partial charge in [-0.2, -0.15) is 0 Å². The third-order valence-electron chi connectivity index (χ3n) is 4.48. The zero-order chi connectivity index (χ0) is 21.7. The molecule has 0 bridgehead atoms. The van der Waals surface area contributed by atoms with Gasteiger partial charge in [-0.1, -0.05) is 29.8 Å². The fourth-order valence-corrected chi connectivity index (χ4v) is 3.95. The summed E-state index contributed by atoms with van der Waals surface area (Å²) < 4.78 is 33.4. The lowest BCUT2D eigenvalue weighted by Crippen LogP contribution is -2.16. The summed E-state index contributed by atoms with van der Waals surface area (Å²) in [6.07, 6.45) is 0. The van der Waals surface area contributed by atoms with Crippen molar-refractivity contribution >= 4 is 27.3 Å². The van der Waals surface area contributed by atoms with Crippen LogP contribution in [-0.4, -0.2) is 20.9 Å². The minimum Gasteiger partial charge on any atom is -0.494 e. The van der Waals surface area contributed by atoms with Crippen LogP contribution in [0.1, 0.15) is 28.4 Å². The van der Waals surface area contributed by atoms with Gasteiger partial charge in [0.05, 0.1) is 17.2 Å². The number of nitrogens with one attached hydrogen (secondary N) is 2. The Kier molecular flexibility index (Phi) is 6.42. The zero-order valence-corrected chi connectivity index (χ0v) is 17.9. The molecule has 0 aromatic heterocycles. The molecular formula is C23H24N2O4S. The van der Waals surface area contributed by atoms with E-state index in [9.17, 15) is 13.2 Å². The highest BCUT2D eigenvalue weighted by Gasteiger charge is 2.17. The predicted octanol–water partition coefficient (Wildman–Crippen LogP) is 4.76. The molecule has 0 heterocycles. The molecule has 0 aliphatic carbocycles. The highest BCUT2D eigenvalue weighted by atomic mass is 32.2. The number of benzene rings is 3. The van der Waals surface area contributed by atoms with Gasteiger partial charge in [-0.3, -0.25) is 9.52 Å². The Morgan fingerprint density at radius 2 is 1.70 bits per heavy atom. The second-order valence-electron chi connectivity index (χ2n) is 6.86. The largest absolute Gasteiger partial charge is 0.494 e. The minimum atomic E-state index is -3.76. The van der Waals surface area contributed by atoms with Gasteiger partial charge in [-0.05, 0) is 62.7 Å². The molecule has 0 radical (unpaired) electrons. The first-order chi connectivity index (χ1) is 14.3. The maximum absolute atomic E-state index is 12.7. The second-order valence-corrected chi connectivity index (χ2v) is 8.55. The highest BCUT2D eigenvalue weighted by Crippen LogP contribution is 2.23. The van der Waals surface area contributed by atoms with E-state index in [1.807, 2.05) is 19.9 Å². The third kappa shape index (κ3) is 5.18. The van der Waals surface area contributed by atoms with E-state index in [1.165, 1.54) is 6.07 Å². The molecule has 0 spiro atoms. The average molecular weight is 425 g/mol. The van der Waals surface area contributed by atoms with Crippen molar-refractivity contribution in [1.82, 2.24) is 0 Å². The summed E-state index contributed by atoms with van der Waals surface area (Å²) in [4.78, 5) is 12.9. The smallest absolute Gasteiger partial charge is 0.261 e. The molecule has 0 aliphatic heterocycles. The Bertz CT molecular complexity index is 1160. The molecule has 3 rings (SSSR count). The lowest BCUT2D eigenvalue weighted by Gasteiger charge is -2.13. The summed E-state index contributed by atoms with van der Waals surface area (Å²) in [5.74, 6) is 0.310. The van der Waals surface area contributed by atoms with Crippen molar-refractivity contribution in [3.05, 3.63) is 83.4 Å². The molecule has 0 aliphatic rings. The first-order valence-corrected chi connectivity index (χ1v) is 11.0. The third-order valence-corrected chi connectivity index (χ3v) is 5.86. The minimum absolute atomic E-state index is 0.162. The Morgan fingerprint density at radius 1 is 0.967 bits per heavy atom. The van der Waals surface area contributed by atoms with Crippen molar-refractivity contribution in [1.29, 1.82) is 0 Å². The summed E-state index contributed by atoms with van der Waals surface area (Å²) >= 11 is 0. The van der Waals surface area contributed by atoms with E-state index in [4.69, 9.17) is 4.74 Å². The van der Waals surface area contributed by atoms with E-state index in [1.54, 1.807) is 61.5 Å². The predicted molar refractivity (Wildman–Crippen MR) is 119 cm³/mol. The molecule has 1 amide bonds. The van der Waals surface area contributed by atoms with Crippen molar-refractivity contribution < 1.29 is 17.9 Å². The Balaban J connectivity index is 1.81. The molecule has 3 aromatic rings. The number of aryl methyl sites for hydroxylation is 2. The molecule has 0 atom stereocenters. The topological polar surface area (TPSA) is 84.5 Å². The number of hydrogen-bond donors (Lipinski definition) is 2. The molecule has 0 saturated heterocycles. The molecule has 7 heteroatoms. The normalized spacial score (nSPS) is 11.0. The molecule has 30 heavy (non-hydrogen) atoms. The second kappa shape index (κ2) is 9.00. The van der Waals surface area contributed by atoms with Crippen LogP contribution in [0.2, 0.25) is 0 Å². The van der Waals surface area contributed by atoms with Crippen LogP contribution in [0.25, 0.3) is 0 Å². The Labute approximate surface area is 177 Å². The van der Waals surface area contributed by atoms with Crippen LogP contribution in [0, 0.1) is 13.8 Å². The number of sulfonamides is 1. The van der Waals surface area contributed by atoms with Gasteiger partial charge in [-0.25, -0.2) is 8.42 Å². The summed E-state index contributed by atoms with van der Waals surface area (Å²) in [5, 5.41) is 2.81. The quantitative estimate of drug-likeness (QED) is 0.573. The van der Waals surface area contributed by atoms with Crippen LogP contribution in [-0.2, 0) is 10.0 Å². The van der Waals surface area contributed by atoms with Gasteiger partial charge in [0.1, 0.15) is 5.75 Å². The summed E-state index contributed by atoms with van der Waals surface area (Å²) in [6, 6.07) is 18.6. The van der Waals surface area contributed by atoms with Crippen LogP contribution in [0.5, 0.6) is 5.75 Å². The lowest BCUT2D eigenvalue weighted by molar-refractivity contribution is 0.102. The summed E-state index contributed by atoms with van der Waals surface area (Å²) in [7, 11) is -3.76. The molecular weight excluding hydrogens is 400 g/mol. The van der Waals surface area contributed by atoms with E-state index in [0.29, 0.717) is 34.9 Å². The van der Waals surface area contributed by atoms with Gasteiger partial charge in [0.15, 0.2) is 0 Å². The van der Waals surface area contributed by atoms with Gasteiger partial charge in [0, 0.05) is 17.3 Å². The zero-order valence-electron chi connectivity index (χ0n) is 17.1. The van der Waals surface area contributed by atoms with Crippen LogP contribution in [0.4, 0.5) is 11.4 Å². The first-order valence-electron chi connectivity index (χ1n) is 9.53. The number of anilines is 2. The molecule has 2 N–H and O–H groups in total. The van der Waals surface area contributed by atoms with E-state index in [-0.39, 0.29) is 10.8 Å². The van der Waals surface area contributed by atoms with E-state index >= 15 is 0 Å². The van der Waals surface area contributed by atoms with Crippen molar-refractivity contribution in [2.45, 2.75) is 25.7 Å². The standard InChI is InChI=1S/C23H24N2O4S/c1-4-29-20-7-5-6-19(15-20)24-23(26)18-11-10-17(3)22(14-18)25-30(27,28)21-12-8-16(2)9-13-21/h5-15,25H,4H2,1-3H3,(H,24,26). The van der Waals surface area contributed by atoms with Crippen LogP contribution >= 0.6 is 0 Å². The van der Waals surface area contributed by atoms with Crippen LogP contribution in [0.3, 0.4) is 0 Å². The molecule has 156 valence electrons. The number of carbonyl (C=O) groups excluding carboxylic acids is 1. The number of rotatable bonds is 7. The maximum atomic E-state index is 12.7. The van der Waals surface area contributed by atoms with Gasteiger partial charge in [-0.15, -0.1) is 0 Å². The molecule has 0 saturated carbocycles. The van der Waals surface area contributed by atoms with Gasteiger partial charge >= 0.3 is 0 Å². The lowest BCUT2D eigenvalue weighted by atomic mass is 10.1. The molecule has 0 fully saturated rings. The van der Waals surface area contributed by atoms with Crippen molar-refractivity contribution in [2.75, 3.05) is 16.6 Å². The van der Waals surface area contributed by atoms with Gasteiger partial charge in [0.25, 0.3) is 15.9 Å². The van der Waals surface area contributed by atoms with Crippen molar-refractivity contribution in [3.8, 4) is 5.75 Å². The van der Waals surface area contributed by atoms with E-state index in [2.05, 4.69) is 10.0 Å². The van der Waals surface area contributed by atoms with Gasteiger partial charge < -0.3 is 10.1 Å². The Morgan fingerprint density at radius 3 is 2.40 bits per heavy atom. The Hall–Kier alpha value is -3.32. The van der Waals surface area contributed by atoms with Crippen LogP contribution < -0.4 is 14.8 Å². The fourth-order valence-electron chi connectivity index (χ4n) is 2.83. The number of amides is 1. The number of hydrogen-bond acceptors (Lipinski definition) is 4. The van der Waals surface area contributed by atoms with Crippen molar-refractivity contribution in [3.63, 3.8) is 0 Å². The average Bonchev–Trinajstić information content (AvgIpc) is 2.70. The highest BCUT2D eigenvalue weighted by molar-refractivity contribution is 7.92. The van der Waals surface area contributed by atoms with Gasteiger partial charge in [0.2, 0.25) is 0 Å². The van der Waals surface area contributed by atoms with Crippen LogP contribution in [0.15, 0.2) is 71.6 Å². The SMILES string of the molecule is CCOc1cccc(NC(=O)c2ccc(C)c(NS(=O)(=O)c3ccc(C)cc3)c2)c1. The maximum Gasteiger partial charge on any atom is 0.261 e. The summed E-state index contributed by atoms with van der Waals surface area (Å²) in [6.45, 7) is 6.08. The number of ether oxygens (including phenoxy) is 1. The number of carbonyl (C=O) groups is 1. The molecule has 0 unspecified atom stereocenters. The van der Waals surface area contributed by atoms with E-state index in [0.717, 1.165) is 5.56 Å².